The zero-order chi connectivity index (χ0) is 13.7. The van der Waals surface area contributed by atoms with Crippen LogP contribution in [0.15, 0.2) is 12.3 Å². The fourth-order valence-corrected chi connectivity index (χ4v) is 3.15. The average Bonchev–Trinajstić information content (AvgIpc) is 2.50. The van der Waals surface area contributed by atoms with E-state index in [1.54, 1.807) is 0 Å². The van der Waals surface area contributed by atoms with Crippen LogP contribution < -0.4 is 4.31 Å². The van der Waals surface area contributed by atoms with E-state index in [1.165, 1.54) is 16.6 Å². The molecule has 0 saturated heterocycles. The van der Waals surface area contributed by atoms with Gasteiger partial charge in [-0.25, -0.2) is 13.2 Å². The lowest BCUT2D eigenvalue weighted by atomic mass is 9.91. The summed E-state index contributed by atoms with van der Waals surface area (Å²) in [4.78, 5) is 15.0. The second-order valence-electron chi connectivity index (χ2n) is 5.05. The first-order valence-corrected chi connectivity index (χ1v) is 7.19. The molecular weight excluding hydrogens is 256 g/mol. The number of carbonyl (C=O) groups is 1. The van der Waals surface area contributed by atoms with Crippen molar-refractivity contribution in [3.63, 3.8) is 0 Å². The second-order valence-corrected chi connectivity index (χ2v) is 6.96. The standard InChI is InChI=1S/C11H14N2O4S/c1-11(2)6-13(18(3,16)17)8-4-7(10(14)15)5-12-9(8)11/h4-5H,6H2,1-3H3,(H,14,15). The molecule has 18 heavy (non-hydrogen) atoms. The highest BCUT2D eigenvalue weighted by Crippen LogP contribution is 2.40. The zero-order valence-corrected chi connectivity index (χ0v) is 11.2. The molecule has 2 rings (SSSR count). The van der Waals surface area contributed by atoms with Gasteiger partial charge in [0.2, 0.25) is 10.0 Å². The van der Waals surface area contributed by atoms with Gasteiger partial charge in [-0.05, 0) is 6.07 Å². The third kappa shape index (κ3) is 1.94. The molecule has 0 atom stereocenters. The summed E-state index contributed by atoms with van der Waals surface area (Å²) in [5.74, 6) is -1.12. The number of pyridine rings is 1. The first-order chi connectivity index (χ1) is 8.13. The number of rotatable bonds is 2. The van der Waals surface area contributed by atoms with Crippen LogP contribution >= 0.6 is 0 Å². The minimum Gasteiger partial charge on any atom is -0.478 e. The highest BCUT2D eigenvalue weighted by Gasteiger charge is 2.40. The van der Waals surface area contributed by atoms with Crippen LogP contribution in [0.5, 0.6) is 0 Å². The van der Waals surface area contributed by atoms with Gasteiger partial charge >= 0.3 is 5.97 Å². The number of hydrogen-bond acceptors (Lipinski definition) is 4. The van der Waals surface area contributed by atoms with Crippen molar-refractivity contribution >= 4 is 21.7 Å². The molecule has 0 amide bonds. The van der Waals surface area contributed by atoms with Crippen LogP contribution in [-0.2, 0) is 15.4 Å². The van der Waals surface area contributed by atoms with Gasteiger partial charge in [-0.1, -0.05) is 13.8 Å². The van der Waals surface area contributed by atoms with Crippen LogP contribution in [0, 0.1) is 0 Å². The van der Waals surface area contributed by atoms with E-state index in [0.29, 0.717) is 11.4 Å². The van der Waals surface area contributed by atoms with E-state index < -0.39 is 21.4 Å². The highest BCUT2D eigenvalue weighted by atomic mass is 32.2. The Morgan fingerprint density at radius 3 is 2.61 bits per heavy atom. The van der Waals surface area contributed by atoms with Gasteiger partial charge in [0.05, 0.1) is 23.2 Å². The Labute approximate surface area is 105 Å². The van der Waals surface area contributed by atoms with Gasteiger partial charge in [-0.3, -0.25) is 9.29 Å². The summed E-state index contributed by atoms with van der Waals surface area (Å²) in [5.41, 5.74) is 0.538. The van der Waals surface area contributed by atoms with Gasteiger partial charge < -0.3 is 5.11 Å². The number of aromatic carboxylic acids is 1. The summed E-state index contributed by atoms with van der Waals surface area (Å²) in [6, 6.07) is 1.36. The second kappa shape index (κ2) is 3.68. The molecule has 0 fully saturated rings. The van der Waals surface area contributed by atoms with E-state index in [1.807, 2.05) is 13.8 Å². The molecule has 0 aromatic carbocycles. The molecule has 1 aliphatic heterocycles. The van der Waals surface area contributed by atoms with Crippen molar-refractivity contribution in [2.45, 2.75) is 19.3 Å². The van der Waals surface area contributed by atoms with Crippen molar-refractivity contribution in [1.82, 2.24) is 4.98 Å². The van der Waals surface area contributed by atoms with Crippen molar-refractivity contribution < 1.29 is 18.3 Å². The topological polar surface area (TPSA) is 87.6 Å². The van der Waals surface area contributed by atoms with Crippen molar-refractivity contribution in [3.8, 4) is 0 Å². The molecule has 0 aliphatic carbocycles. The van der Waals surface area contributed by atoms with E-state index in [0.717, 1.165) is 6.26 Å². The number of fused-ring (bicyclic) bond motifs is 1. The normalized spacial score (nSPS) is 17.6. The fraction of sp³-hybridized carbons (Fsp3) is 0.455. The minimum absolute atomic E-state index is 0.0138. The summed E-state index contributed by atoms with van der Waals surface area (Å²) in [5, 5.41) is 8.93. The Balaban J connectivity index is 2.66. The highest BCUT2D eigenvalue weighted by molar-refractivity contribution is 7.92. The molecule has 1 N–H and O–H groups in total. The Morgan fingerprint density at radius 1 is 1.50 bits per heavy atom. The number of aromatic nitrogens is 1. The molecule has 7 heteroatoms. The first kappa shape index (κ1) is 12.8. The van der Waals surface area contributed by atoms with E-state index in [9.17, 15) is 13.2 Å². The Morgan fingerprint density at radius 2 is 2.11 bits per heavy atom. The molecule has 0 saturated carbocycles. The predicted octanol–water partition coefficient (Wildman–Crippen LogP) is 0.837. The van der Waals surface area contributed by atoms with Crippen molar-refractivity contribution in [3.05, 3.63) is 23.5 Å². The summed E-state index contributed by atoms with van der Waals surface area (Å²) < 4.78 is 24.6. The first-order valence-electron chi connectivity index (χ1n) is 5.34. The SMILES string of the molecule is CC1(C)CN(S(C)(=O)=O)c2cc(C(=O)O)cnc21. The quantitative estimate of drug-likeness (QED) is 0.860. The maximum Gasteiger partial charge on any atom is 0.337 e. The monoisotopic (exact) mass is 270 g/mol. The van der Waals surface area contributed by atoms with Crippen LogP contribution in [0.25, 0.3) is 0 Å². The number of anilines is 1. The van der Waals surface area contributed by atoms with Crippen LogP contribution in [0.1, 0.15) is 29.9 Å². The van der Waals surface area contributed by atoms with Crippen molar-refractivity contribution in [2.75, 3.05) is 17.1 Å². The summed E-state index contributed by atoms with van der Waals surface area (Å²) >= 11 is 0. The zero-order valence-electron chi connectivity index (χ0n) is 10.3. The van der Waals surface area contributed by atoms with E-state index in [4.69, 9.17) is 5.11 Å². The van der Waals surface area contributed by atoms with Gasteiger partial charge in [0.25, 0.3) is 0 Å². The van der Waals surface area contributed by atoms with E-state index >= 15 is 0 Å². The largest absolute Gasteiger partial charge is 0.478 e. The van der Waals surface area contributed by atoms with Crippen LogP contribution in [0.3, 0.4) is 0 Å². The van der Waals surface area contributed by atoms with Crippen LogP contribution in [0.2, 0.25) is 0 Å². The molecule has 0 spiro atoms. The Kier molecular flexibility index (Phi) is 2.62. The maximum absolute atomic E-state index is 11.7. The minimum atomic E-state index is -3.43. The Bertz CT molecular complexity index is 622. The van der Waals surface area contributed by atoms with Gasteiger partial charge in [-0.15, -0.1) is 0 Å². The molecule has 98 valence electrons. The molecule has 1 aliphatic rings. The van der Waals surface area contributed by atoms with Gasteiger partial charge in [0.1, 0.15) is 0 Å². The summed E-state index contributed by atoms with van der Waals surface area (Å²) in [6.45, 7) is 4.03. The molecule has 1 aromatic rings. The number of carboxylic acid groups (broad SMARTS) is 1. The van der Waals surface area contributed by atoms with E-state index in [-0.39, 0.29) is 12.1 Å². The van der Waals surface area contributed by atoms with Gasteiger partial charge in [0.15, 0.2) is 0 Å². The number of carboxylic acids is 1. The lowest BCUT2D eigenvalue weighted by Crippen LogP contribution is -2.33. The summed E-state index contributed by atoms with van der Waals surface area (Å²) in [7, 11) is -3.43. The molecule has 1 aromatic heterocycles. The van der Waals surface area contributed by atoms with E-state index in [2.05, 4.69) is 4.98 Å². The number of sulfonamides is 1. The molecular formula is C11H14N2O4S. The molecule has 6 nitrogen and oxygen atoms in total. The third-order valence-corrected chi connectivity index (χ3v) is 4.09. The van der Waals surface area contributed by atoms with Crippen LogP contribution in [0.4, 0.5) is 5.69 Å². The van der Waals surface area contributed by atoms with Gasteiger partial charge in [0, 0.05) is 18.2 Å². The third-order valence-electron chi connectivity index (χ3n) is 2.96. The lowest BCUT2D eigenvalue weighted by molar-refractivity contribution is 0.0696. The van der Waals surface area contributed by atoms with Gasteiger partial charge in [-0.2, -0.15) is 0 Å². The molecule has 0 unspecified atom stereocenters. The number of nitrogens with zero attached hydrogens (tertiary/aromatic N) is 2. The predicted molar refractivity (Wildman–Crippen MR) is 66.4 cm³/mol. The molecule has 0 bridgehead atoms. The number of hydrogen-bond donors (Lipinski definition) is 1. The lowest BCUT2D eigenvalue weighted by Gasteiger charge is -2.19. The molecule has 0 radical (unpaired) electrons. The molecule has 2 heterocycles. The fourth-order valence-electron chi connectivity index (χ4n) is 2.10. The smallest absolute Gasteiger partial charge is 0.337 e. The maximum atomic E-state index is 11.7. The average molecular weight is 270 g/mol. The Hall–Kier alpha value is -1.63. The summed E-state index contributed by atoms with van der Waals surface area (Å²) in [6.07, 6.45) is 2.36. The van der Waals surface area contributed by atoms with Crippen molar-refractivity contribution in [1.29, 1.82) is 0 Å². The van der Waals surface area contributed by atoms with Crippen molar-refractivity contribution in [2.24, 2.45) is 0 Å². The van der Waals surface area contributed by atoms with Crippen LogP contribution in [-0.4, -0.2) is 37.3 Å².